The molecule has 7 heteroatoms. The zero-order chi connectivity index (χ0) is 21.6. The average Bonchev–Trinajstić information content (AvgIpc) is 2.82. The summed E-state index contributed by atoms with van der Waals surface area (Å²) in [6, 6.07) is 21.1. The number of rotatable bonds is 5. The molecule has 31 heavy (non-hydrogen) atoms. The number of aromatic nitrogens is 2. The second kappa shape index (κ2) is 8.84. The summed E-state index contributed by atoms with van der Waals surface area (Å²) in [6.07, 6.45) is 3.29. The number of anilines is 1. The summed E-state index contributed by atoms with van der Waals surface area (Å²) in [4.78, 5) is 33.7. The molecule has 0 saturated heterocycles. The number of hydrogen-bond donors (Lipinski definition) is 1. The van der Waals surface area contributed by atoms with Gasteiger partial charge in [0.1, 0.15) is 6.07 Å². The minimum absolute atomic E-state index is 0.308. The van der Waals surface area contributed by atoms with Crippen LogP contribution in [-0.4, -0.2) is 28.5 Å². The number of carbonyl (C=O) groups is 2. The minimum Gasteiger partial charge on any atom is -0.452 e. The van der Waals surface area contributed by atoms with E-state index >= 15 is 0 Å². The molecule has 4 aromatic rings. The fraction of sp³-hybridized carbons (Fsp3) is 0.0417. The number of fused-ring (bicyclic) bond motifs is 1. The highest BCUT2D eigenvalue weighted by molar-refractivity contribution is 6.05. The van der Waals surface area contributed by atoms with Crippen LogP contribution in [-0.2, 0) is 9.53 Å². The normalized spacial score (nSPS) is 10.3. The van der Waals surface area contributed by atoms with Gasteiger partial charge in [-0.25, -0.2) is 9.78 Å². The van der Waals surface area contributed by atoms with E-state index in [1.165, 1.54) is 0 Å². The predicted octanol–water partition coefficient (Wildman–Crippen LogP) is 3.96. The van der Waals surface area contributed by atoms with Crippen molar-refractivity contribution in [1.29, 1.82) is 5.26 Å². The average molecular weight is 408 g/mol. The number of esters is 1. The predicted molar refractivity (Wildman–Crippen MR) is 115 cm³/mol. The van der Waals surface area contributed by atoms with Crippen LogP contribution in [0.25, 0.3) is 22.2 Å². The summed E-state index contributed by atoms with van der Waals surface area (Å²) in [5, 5.41) is 12.3. The lowest BCUT2D eigenvalue weighted by Gasteiger charge is -2.11. The zero-order valence-electron chi connectivity index (χ0n) is 16.3. The molecule has 0 aliphatic heterocycles. The molecule has 1 N–H and O–H groups in total. The van der Waals surface area contributed by atoms with Crippen LogP contribution in [0.2, 0.25) is 0 Å². The smallest absolute Gasteiger partial charge is 0.339 e. The number of pyridine rings is 2. The fourth-order valence-corrected chi connectivity index (χ4v) is 3.10. The fourth-order valence-electron chi connectivity index (χ4n) is 3.10. The van der Waals surface area contributed by atoms with Crippen molar-refractivity contribution in [2.24, 2.45) is 0 Å². The molecule has 0 unspecified atom stereocenters. The number of hydrogen-bond acceptors (Lipinski definition) is 6. The summed E-state index contributed by atoms with van der Waals surface area (Å²) in [5.41, 5.74) is 3.03. The van der Waals surface area contributed by atoms with Crippen molar-refractivity contribution < 1.29 is 14.3 Å². The molecule has 1 amide bonds. The van der Waals surface area contributed by atoms with Crippen LogP contribution in [0.1, 0.15) is 15.9 Å². The van der Waals surface area contributed by atoms with E-state index in [1.807, 2.05) is 18.2 Å². The summed E-state index contributed by atoms with van der Waals surface area (Å²) >= 11 is 0. The van der Waals surface area contributed by atoms with Crippen LogP contribution >= 0.6 is 0 Å². The number of nitriles is 1. The summed E-state index contributed by atoms with van der Waals surface area (Å²) in [6.45, 7) is -0.486. The van der Waals surface area contributed by atoms with Crippen LogP contribution in [0.4, 0.5) is 5.69 Å². The van der Waals surface area contributed by atoms with Crippen molar-refractivity contribution in [1.82, 2.24) is 9.97 Å². The molecule has 0 aliphatic rings. The van der Waals surface area contributed by atoms with E-state index < -0.39 is 18.5 Å². The van der Waals surface area contributed by atoms with Crippen LogP contribution in [0.3, 0.4) is 0 Å². The lowest BCUT2D eigenvalue weighted by Crippen LogP contribution is -2.21. The molecule has 4 rings (SSSR count). The minimum atomic E-state index is -0.641. The Morgan fingerprint density at radius 2 is 1.74 bits per heavy atom. The maximum Gasteiger partial charge on any atom is 0.339 e. The van der Waals surface area contributed by atoms with Crippen molar-refractivity contribution >= 4 is 28.5 Å². The Morgan fingerprint density at radius 3 is 2.55 bits per heavy atom. The molecule has 7 nitrogen and oxygen atoms in total. The highest BCUT2D eigenvalue weighted by Crippen LogP contribution is 2.25. The van der Waals surface area contributed by atoms with E-state index in [2.05, 4.69) is 15.3 Å². The molecular formula is C24H16N4O3. The molecule has 2 aromatic heterocycles. The van der Waals surface area contributed by atoms with Gasteiger partial charge in [-0.05, 0) is 36.4 Å². The SMILES string of the molecule is N#Cc1ccccc1NC(=O)COC(=O)c1cc(-c2ccncc2)nc2ccccc12. The third-order valence-electron chi connectivity index (χ3n) is 4.57. The molecular weight excluding hydrogens is 392 g/mol. The van der Waals surface area contributed by atoms with Gasteiger partial charge in [0, 0.05) is 23.3 Å². The number of amides is 1. The first-order valence-corrected chi connectivity index (χ1v) is 9.42. The monoisotopic (exact) mass is 408 g/mol. The first-order valence-electron chi connectivity index (χ1n) is 9.42. The lowest BCUT2D eigenvalue weighted by atomic mass is 10.0. The van der Waals surface area contributed by atoms with E-state index in [4.69, 9.17) is 10.00 Å². The van der Waals surface area contributed by atoms with E-state index in [0.717, 1.165) is 5.56 Å². The number of para-hydroxylation sites is 2. The van der Waals surface area contributed by atoms with Crippen molar-refractivity contribution in [3.05, 3.63) is 90.3 Å². The first-order chi connectivity index (χ1) is 15.2. The van der Waals surface area contributed by atoms with Crippen LogP contribution in [0, 0.1) is 11.3 Å². The third-order valence-corrected chi connectivity index (χ3v) is 4.57. The van der Waals surface area contributed by atoms with Crippen LogP contribution in [0.5, 0.6) is 0 Å². The molecule has 0 saturated carbocycles. The number of ether oxygens (including phenoxy) is 1. The van der Waals surface area contributed by atoms with Gasteiger partial charge < -0.3 is 10.1 Å². The van der Waals surface area contributed by atoms with E-state index in [9.17, 15) is 9.59 Å². The van der Waals surface area contributed by atoms with E-state index in [0.29, 0.717) is 33.4 Å². The number of benzene rings is 2. The largest absolute Gasteiger partial charge is 0.452 e. The Hall–Kier alpha value is -4.57. The van der Waals surface area contributed by atoms with Gasteiger partial charge in [0.2, 0.25) is 0 Å². The Balaban J connectivity index is 1.56. The highest BCUT2D eigenvalue weighted by atomic mass is 16.5. The molecule has 0 aliphatic carbocycles. The van der Waals surface area contributed by atoms with Gasteiger partial charge in [0.15, 0.2) is 6.61 Å². The Kier molecular flexibility index (Phi) is 5.63. The highest BCUT2D eigenvalue weighted by Gasteiger charge is 2.17. The topological polar surface area (TPSA) is 105 Å². The molecule has 2 heterocycles. The summed E-state index contributed by atoms with van der Waals surface area (Å²) in [7, 11) is 0. The molecule has 0 bridgehead atoms. The van der Waals surface area contributed by atoms with Gasteiger partial charge in [-0.1, -0.05) is 30.3 Å². The third kappa shape index (κ3) is 4.38. The molecule has 0 spiro atoms. The van der Waals surface area contributed by atoms with Gasteiger partial charge in [0.25, 0.3) is 5.91 Å². The zero-order valence-corrected chi connectivity index (χ0v) is 16.3. The second-order valence-corrected chi connectivity index (χ2v) is 6.59. The lowest BCUT2D eigenvalue weighted by molar-refractivity contribution is -0.119. The molecule has 0 radical (unpaired) electrons. The standard InChI is InChI=1S/C24H16N4O3/c25-14-17-5-1-3-7-20(17)28-23(29)15-31-24(30)19-13-22(16-9-11-26-12-10-16)27-21-8-4-2-6-18(19)21/h1-13H,15H2,(H,28,29). The Bertz CT molecular complexity index is 1310. The van der Waals surface area contributed by atoms with Crippen LogP contribution < -0.4 is 5.32 Å². The molecule has 150 valence electrons. The number of carbonyl (C=O) groups excluding carboxylic acids is 2. The van der Waals surface area contributed by atoms with E-state index in [1.54, 1.807) is 67.0 Å². The summed E-state index contributed by atoms with van der Waals surface area (Å²) < 4.78 is 5.26. The Morgan fingerprint density at radius 1 is 1.00 bits per heavy atom. The van der Waals surface area contributed by atoms with Crippen LogP contribution in [0.15, 0.2) is 79.1 Å². The molecule has 0 fully saturated rings. The first kappa shape index (κ1) is 19.7. The van der Waals surface area contributed by atoms with Gasteiger partial charge in [0.05, 0.1) is 28.0 Å². The quantitative estimate of drug-likeness (QED) is 0.501. The van der Waals surface area contributed by atoms with Gasteiger partial charge in [-0.3, -0.25) is 9.78 Å². The maximum atomic E-state index is 12.8. The van der Waals surface area contributed by atoms with Crippen molar-refractivity contribution in [2.45, 2.75) is 0 Å². The number of nitrogens with zero attached hydrogens (tertiary/aromatic N) is 3. The maximum absolute atomic E-state index is 12.8. The van der Waals surface area contributed by atoms with Crippen molar-refractivity contribution in [2.75, 3.05) is 11.9 Å². The molecule has 2 aromatic carbocycles. The van der Waals surface area contributed by atoms with Crippen molar-refractivity contribution in [3.8, 4) is 17.3 Å². The van der Waals surface area contributed by atoms with E-state index in [-0.39, 0.29) is 0 Å². The van der Waals surface area contributed by atoms with Crippen molar-refractivity contribution in [3.63, 3.8) is 0 Å². The number of nitrogens with one attached hydrogen (secondary N) is 1. The summed E-state index contributed by atoms with van der Waals surface area (Å²) in [5.74, 6) is -1.18. The molecule has 0 atom stereocenters. The van der Waals surface area contributed by atoms with Gasteiger partial charge >= 0.3 is 5.97 Å². The van der Waals surface area contributed by atoms with Gasteiger partial charge in [-0.15, -0.1) is 0 Å². The van der Waals surface area contributed by atoms with Gasteiger partial charge in [-0.2, -0.15) is 5.26 Å². The second-order valence-electron chi connectivity index (χ2n) is 6.59. The Labute approximate surface area is 178 Å².